The number of ether oxygens (including phenoxy) is 1. The highest BCUT2D eigenvalue weighted by Gasteiger charge is 2.61. The summed E-state index contributed by atoms with van der Waals surface area (Å²) in [6.07, 6.45) is 8.66. The van der Waals surface area contributed by atoms with Gasteiger partial charge in [0.15, 0.2) is 0 Å². The van der Waals surface area contributed by atoms with Crippen molar-refractivity contribution in [2.45, 2.75) is 120 Å². The Kier molecular flexibility index (Phi) is 8.56. The Morgan fingerprint density at radius 1 is 1.16 bits per heavy atom. The zero-order chi connectivity index (χ0) is 27.7. The lowest BCUT2D eigenvalue weighted by molar-refractivity contribution is -0.188. The molecule has 2 saturated carbocycles. The van der Waals surface area contributed by atoms with Gasteiger partial charge < -0.3 is 20.1 Å². The molecule has 214 valence electrons. The van der Waals surface area contributed by atoms with Gasteiger partial charge in [0.1, 0.15) is 11.6 Å². The molecule has 0 aromatic rings. The molecular formula is C26H42N4O7S. The van der Waals surface area contributed by atoms with Gasteiger partial charge in [-0.05, 0) is 72.1 Å². The number of carbonyl (C=O) groups is 3. The Morgan fingerprint density at radius 3 is 2.58 bits per heavy atom. The second-order valence-corrected chi connectivity index (χ2v) is 14.0. The molecule has 0 radical (unpaired) electrons. The molecule has 0 aromatic heterocycles. The van der Waals surface area contributed by atoms with Gasteiger partial charge in [-0.15, -0.1) is 0 Å². The quantitative estimate of drug-likeness (QED) is 0.280. The van der Waals surface area contributed by atoms with Gasteiger partial charge in [-0.2, -0.15) is 0 Å². The van der Waals surface area contributed by atoms with E-state index < -0.39 is 56.7 Å². The van der Waals surface area contributed by atoms with Crippen LogP contribution in [0.4, 0.5) is 0 Å². The van der Waals surface area contributed by atoms with Gasteiger partial charge in [-0.3, -0.25) is 24.4 Å². The molecule has 0 aromatic carbocycles. The predicted octanol–water partition coefficient (Wildman–Crippen LogP) is 1.03. The number of nitrogens with zero attached hydrogens (tertiary/aromatic N) is 1. The van der Waals surface area contributed by atoms with Gasteiger partial charge in [-0.25, -0.2) is 8.42 Å². The van der Waals surface area contributed by atoms with Crippen LogP contribution < -0.4 is 15.4 Å². The summed E-state index contributed by atoms with van der Waals surface area (Å²) in [5.74, 6) is -1.79. The highest BCUT2D eigenvalue weighted by molar-refractivity contribution is 7.91. The van der Waals surface area contributed by atoms with Gasteiger partial charge in [0.25, 0.3) is 5.91 Å². The Bertz CT molecular complexity index is 1050. The van der Waals surface area contributed by atoms with Crippen molar-refractivity contribution in [3.05, 3.63) is 12.2 Å². The third-order valence-corrected chi connectivity index (χ3v) is 9.46. The highest BCUT2D eigenvalue weighted by atomic mass is 32.2. The minimum atomic E-state index is -3.77. The Morgan fingerprint density at radius 2 is 1.89 bits per heavy atom. The fourth-order valence-electron chi connectivity index (χ4n) is 5.34. The SMILES string of the molecule is CC(C)(C)OC(O)N[C@H]1CCCCC/C=C\[C@@H]2C[C@@]2(C(=O)NS(=O)(=O)C2CC2)NC(=O)[C@@H]2CCCN2C1=O. The summed E-state index contributed by atoms with van der Waals surface area (Å²) < 4.78 is 32.7. The third-order valence-electron chi connectivity index (χ3n) is 7.64. The number of sulfonamides is 1. The summed E-state index contributed by atoms with van der Waals surface area (Å²) in [7, 11) is -3.77. The summed E-state index contributed by atoms with van der Waals surface area (Å²) in [5.41, 5.74) is -1.97. The number of aliphatic hydroxyl groups is 1. The van der Waals surface area contributed by atoms with E-state index in [0.29, 0.717) is 45.1 Å². The zero-order valence-electron chi connectivity index (χ0n) is 22.6. The Balaban J connectivity index is 1.53. The fourth-order valence-corrected chi connectivity index (χ4v) is 6.70. The van der Waals surface area contributed by atoms with E-state index >= 15 is 0 Å². The molecule has 1 unspecified atom stereocenters. The molecule has 0 spiro atoms. The van der Waals surface area contributed by atoms with Crippen molar-refractivity contribution in [1.82, 2.24) is 20.3 Å². The van der Waals surface area contributed by atoms with Crippen LogP contribution in [0.15, 0.2) is 12.2 Å². The van der Waals surface area contributed by atoms with E-state index in [1.54, 1.807) is 20.8 Å². The van der Waals surface area contributed by atoms with Gasteiger partial charge in [0.05, 0.1) is 16.9 Å². The second kappa shape index (κ2) is 11.2. The Labute approximate surface area is 225 Å². The number of hydrogen-bond donors (Lipinski definition) is 4. The van der Waals surface area contributed by atoms with Crippen LogP contribution in [0.5, 0.6) is 0 Å². The van der Waals surface area contributed by atoms with Crippen molar-refractivity contribution in [2.24, 2.45) is 5.92 Å². The normalized spacial score (nSPS) is 32.7. The molecule has 2 heterocycles. The average molecular weight is 555 g/mol. The Hall–Kier alpha value is -2.02. The van der Waals surface area contributed by atoms with Gasteiger partial charge in [0, 0.05) is 12.5 Å². The molecule has 12 heteroatoms. The van der Waals surface area contributed by atoms with Crippen molar-refractivity contribution in [3.8, 4) is 0 Å². The van der Waals surface area contributed by atoms with E-state index in [0.717, 1.165) is 25.7 Å². The lowest BCUT2D eigenvalue weighted by Crippen LogP contribution is -2.58. The van der Waals surface area contributed by atoms with Crippen LogP contribution in [0.25, 0.3) is 0 Å². The van der Waals surface area contributed by atoms with E-state index in [1.807, 2.05) is 12.2 Å². The van der Waals surface area contributed by atoms with Crippen molar-refractivity contribution in [2.75, 3.05) is 6.54 Å². The predicted molar refractivity (Wildman–Crippen MR) is 140 cm³/mol. The van der Waals surface area contributed by atoms with Crippen molar-refractivity contribution >= 4 is 27.7 Å². The molecule has 4 rings (SSSR count). The standard InChI is InChI=1S/C26H42N4O7S/c1-25(2,3)37-24(34)27-19-11-8-6-4-5-7-10-17-16-26(17,23(33)29-38(35,36)18-13-14-18)28-21(31)20-12-9-15-30(20)22(19)32/h7,10,17-20,24,27,34H,4-6,8-9,11-16H2,1-3H3,(H,28,31)(H,29,33)/b10-7-/t17-,19+,20+,24?,26-/m1/s1. The van der Waals surface area contributed by atoms with Gasteiger partial charge in [0.2, 0.25) is 28.3 Å². The van der Waals surface area contributed by atoms with Crippen LogP contribution in [-0.2, 0) is 29.1 Å². The van der Waals surface area contributed by atoms with E-state index in [4.69, 9.17) is 4.74 Å². The lowest BCUT2D eigenvalue weighted by Gasteiger charge is -2.32. The summed E-state index contributed by atoms with van der Waals surface area (Å²) in [4.78, 5) is 41.9. The molecule has 3 fully saturated rings. The first-order chi connectivity index (χ1) is 17.8. The smallest absolute Gasteiger partial charge is 0.259 e. The van der Waals surface area contributed by atoms with E-state index in [-0.39, 0.29) is 11.8 Å². The topological polar surface area (TPSA) is 154 Å². The van der Waals surface area contributed by atoms with Crippen molar-refractivity contribution < 1.29 is 32.6 Å². The molecule has 1 saturated heterocycles. The van der Waals surface area contributed by atoms with Crippen LogP contribution in [-0.4, -0.2) is 77.6 Å². The van der Waals surface area contributed by atoms with Gasteiger partial charge in [-0.1, -0.05) is 25.0 Å². The van der Waals surface area contributed by atoms with Gasteiger partial charge >= 0.3 is 0 Å². The summed E-state index contributed by atoms with van der Waals surface area (Å²) in [6.45, 7) is 5.79. The molecule has 2 aliphatic carbocycles. The lowest BCUT2D eigenvalue weighted by atomic mass is 10.0. The molecule has 0 bridgehead atoms. The second-order valence-electron chi connectivity index (χ2n) is 12.0. The monoisotopic (exact) mass is 554 g/mol. The molecular weight excluding hydrogens is 512 g/mol. The number of fused-ring (bicyclic) bond motifs is 2. The van der Waals surface area contributed by atoms with E-state index in [1.165, 1.54) is 4.90 Å². The van der Waals surface area contributed by atoms with Crippen LogP contribution in [0.2, 0.25) is 0 Å². The highest BCUT2D eigenvalue weighted by Crippen LogP contribution is 2.46. The number of amides is 3. The number of hydrogen-bond acceptors (Lipinski definition) is 8. The van der Waals surface area contributed by atoms with Crippen LogP contribution in [0, 0.1) is 5.92 Å². The zero-order valence-corrected chi connectivity index (χ0v) is 23.4. The molecule has 4 N–H and O–H groups in total. The maximum absolute atomic E-state index is 13.6. The summed E-state index contributed by atoms with van der Waals surface area (Å²) in [5, 5.41) is 15.6. The maximum Gasteiger partial charge on any atom is 0.259 e. The molecule has 5 atom stereocenters. The van der Waals surface area contributed by atoms with E-state index in [2.05, 4.69) is 15.4 Å². The van der Waals surface area contributed by atoms with Crippen molar-refractivity contribution in [3.63, 3.8) is 0 Å². The maximum atomic E-state index is 13.6. The number of nitrogens with one attached hydrogen (secondary N) is 3. The number of rotatable bonds is 6. The fraction of sp³-hybridized carbons (Fsp3) is 0.808. The third kappa shape index (κ3) is 6.94. The largest absolute Gasteiger partial charge is 0.356 e. The average Bonchev–Trinajstić information content (AvgIpc) is 3.72. The number of allylic oxidation sites excluding steroid dienone is 1. The van der Waals surface area contributed by atoms with Crippen LogP contribution in [0.3, 0.4) is 0 Å². The molecule has 11 nitrogen and oxygen atoms in total. The minimum absolute atomic E-state index is 0.297. The van der Waals surface area contributed by atoms with Crippen molar-refractivity contribution in [1.29, 1.82) is 0 Å². The summed E-state index contributed by atoms with van der Waals surface area (Å²) in [6, 6.07) is -1.52. The minimum Gasteiger partial charge on any atom is -0.356 e. The molecule has 3 amide bonds. The first kappa shape index (κ1) is 29.0. The summed E-state index contributed by atoms with van der Waals surface area (Å²) >= 11 is 0. The molecule has 38 heavy (non-hydrogen) atoms. The van der Waals surface area contributed by atoms with Crippen LogP contribution in [0.1, 0.15) is 85.0 Å². The first-order valence-electron chi connectivity index (χ1n) is 13.8. The van der Waals surface area contributed by atoms with E-state index in [9.17, 15) is 27.9 Å². The number of aliphatic hydroxyl groups excluding tert-OH is 1. The number of carbonyl (C=O) groups excluding carboxylic acids is 3. The first-order valence-corrected chi connectivity index (χ1v) is 15.3. The van der Waals surface area contributed by atoms with Crippen LogP contribution >= 0.6 is 0 Å². The molecule has 4 aliphatic rings. The molecule has 2 aliphatic heterocycles.